The van der Waals surface area contributed by atoms with Gasteiger partial charge in [-0.2, -0.15) is 0 Å². The highest BCUT2D eigenvalue weighted by atomic mass is 35.5. The van der Waals surface area contributed by atoms with Gasteiger partial charge in [-0.15, -0.1) is 0 Å². The van der Waals surface area contributed by atoms with E-state index in [1.165, 1.54) is 0 Å². The van der Waals surface area contributed by atoms with Crippen LogP contribution in [0.2, 0.25) is 10.0 Å². The molecule has 4 nitrogen and oxygen atoms in total. The minimum Gasteiger partial charge on any atom is -0.354 e. The van der Waals surface area contributed by atoms with Gasteiger partial charge in [-0.25, -0.2) is 4.98 Å². The normalized spacial score (nSPS) is 10.4. The number of benzene rings is 1. The first-order valence-corrected chi connectivity index (χ1v) is 8.20. The molecule has 23 heavy (non-hydrogen) atoms. The lowest BCUT2D eigenvalue weighted by molar-refractivity contribution is 0.0787. The van der Waals surface area contributed by atoms with Gasteiger partial charge < -0.3 is 10.2 Å². The van der Waals surface area contributed by atoms with Crippen molar-refractivity contribution in [3.8, 4) is 0 Å². The van der Waals surface area contributed by atoms with E-state index in [9.17, 15) is 4.79 Å². The largest absolute Gasteiger partial charge is 0.354 e. The second kappa shape index (κ2) is 8.18. The SMILES string of the molecule is CCCCN(C)C(=O)c1ccc(Nc2cc(Cl)cc(Cl)c2)cn1. The lowest BCUT2D eigenvalue weighted by atomic mass is 10.2. The molecule has 1 N–H and O–H groups in total. The first-order valence-electron chi connectivity index (χ1n) is 7.44. The average molecular weight is 352 g/mol. The summed E-state index contributed by atoms with van der Waals surface area (Å²) in [4.78, 5) is 18.1. The zero-order valence-corrected chi connectivity index (χ0v) is 14.7. The van der Waals surface area contributed by atoms with Gasteiger partial charge in [0.25, 0.3) is 5.91 Å². The molecule has 6 heteroatoms. The Morgan fingerprint density at radius 1 is 1.17 bits per heavy atom. The molecule has 0 aliphatic rings. The van der Waals surface area contributed by atoms with Crippen LogP contribution in [0.1, 0.15) is 30.3 Å². The molecule has 0 spiro atoms. The average Bonchev–Trinajstić information content (AvgIpc) is 2.51. The van der Waals surface area contributed by atoms with Gasteiger partial charge in [0.1, 0.15) is 5.69 Å². The van der Waals surface area contributed by atoms with Crippen LogP contribution < -0.4 is 5.32 Å². The van der Waals surface area contributed by atoms with E-state index in [1.54, 1.807) is 42.4 Å². The molecular weight excluding hydrogens is 333 g/mol. The Balaban J connectivity index is 2.05. The molecular formula is C17H19Cl2N3O. The summed E-state index contributed by atoms with van der Waals surface area (Å²) in [6, 6.07) is 8.72. The van der Waals surface area contributed by atoms with Crippen LogP contribution in [0.25, 0.3) is 0 Å². The number of unbranched alkanes of at least 4 members (excludes halogenated alkanes) is 1. The number of nitrogens with zero attached hydrogens (tertiary/aromatic N) is 2. The van der Waals surface area contributed by atoms with Crippen molar-refractivity contribution >= 4 is 40.5 Å². The molecule has 2 aromatic rings. The summed E-state index contributed by atoms with van der Waals surface area (Å²) in [5.41, 5.74) is 1.96. The highest BCUT2D eigenvalue weighted by molar-refractivity contribution is 6.35. The number of carbonyl (C=O) groups is 1. The smallest absolute Gasteiger partial charge is 0.272 e. The number of halogens is 2. The van der Waals surface area contributed by atoms with Crippen LogP contribution in [0.3, 0.4) is 0 Å². The van der Waals surface area contributed by atoms with Gasteiger partial charge in [0.15, 0.2) is 0 Å². The Morgan fingerprint density at radius 2 is 1.87 bits per heavy atom. The molecule has 1 heterocycles. The van der Waals surface area contributed by atoms with Gasteiger partial charge in [0, 0.05) is 29.3 Å². The third-order valence-electron chi connectivity index (χ3n) is 3.33. The van der Waals surface area contributed by atoms with Gasteiger partial charge in [-0.1, -0.05) is 36.5 Å². The summed E-state index contributed by atoms with van der Waals surface area (Å²) < 4.78 is 0. The Hall–Kier alpha value is -1.78. The molecule has 0 bridgehead atoms. The molecule has 0 atom stereocenters. The Bertz CT molecular complexity index is 654. The van der Waals surface area contributed by atoms with E-state index in [1.807, 2.05) is 6.07 Å². The summed E-state index contributed by atoms with van der Waals surface area (Å²) in [6.45, 7) is 2.83. The molecule has 0 saturated carbocycles. The predicted molar refractivity (Wildman–Crippen MR) is 95.9 cm³/mol. The fourth-order valence-electron chi connectivity index (χ4n) is 2.08. The quantitative estimate of drug-likeness (QED) is 0.795. The molecule has 1 aromatic carbocycles. The number of rotatable bonds is 6. The molecule has 0 fully saturated rings. The summed E-state index contributed by atoms with van der Waals surface area (Å²) in [5, 5.41) is 4.27. The highest BCUT2D eigenvalue weighted by Crippen LogP contribution is 2.25. The van der Waals surface area contributed by atoms with E-state index in [-0.39, 0.29) is 5.91 Å². The van der Waals surface area contributed by atoms with Crippen molar-refractivity contribution in [2.24, 2.45) is 0 Å². The number of aromatic nitrogens is 1. The maximum absolute atomic E-state index is 12.2. The van der Waals surface area contributed by atoms with Crippen molar-refractivity contribution in [2.75, 3.05) is 18.9 Å². The first kappa shape index (κ1) is 17.6. The van der Waals surface area contributed by atoms with Crippen molar-refractivity contribution < 1.29 is 4.79 Å². The lowest BCUT2D eigenvalue weighted by Gasteiger charge is -2.16. The molecule has 0 radical (unpaired) electrons. The van der Waals surface area contributed by atoms with Crippen LogP contribution in [0, 0.1) is 0 Å². The second-order valence-corrected chi connectivity index (χ2v) is 6.17. The van der Waals surface area contributed by atoms with Gasteiger partial charge in [-0.3, -0.25) is 4.79 Å². The molecule has 0 aliphatic carbocycles. The number of nitrogens with one attached hydrogen (secondary N) is 1. The topological polar surface area (TPSA) is 45.2 Å². The molecule has 1 aromatic heterocycles. The maximum Gasteiger partial charge on any atom is 0.272 e. The highest BCUT2D eigenvalue weighted by Gasteiger charge is 2.12. The van der Waals surface area contributed by atoms with E-state index >= 15 is 0 Å². The Labute approximate surface area is 146 Å². The summed E-state index contributed by atoms with van der Waals surface area (Å²) >= 11 is 11.9. The maximum atomic E-state index is 12.2. The number of pyridine rings is 1. The third kappa shape index (κ3) is 5.12. The first-order chi connectivity index (χ1) is 11.0. The third-order valence-corrected chi connectivity index (χ3v) is 3.76. The van der Waals surface area contributed by atoms with Crippen LogP contribution in [-0.4, -0.2) is 29.4 Å². The van der Waals surface area contributed by atoms with Crippen molar-refractivity contribution in [2.45, 2.75) is 19.8 Å². The van der Waals surface area contributed by atoms with Crippen LogP contribution >= 0.6 is 23.2 Å². The minimum absolute atomic E-state index is 0.0733. The monoisotopic (exact) mass is 351 g/mol. The lowest BCUT2D eigenvalue weighted by Crippen LogP contribution is -2.28. The number of anilines is 2. The number of hydrogen-bond donors (Lipinski definition) is 1. The predicted octanol–water partition coefficient (Wildman–Crippen LogP) is 5.00. The van der Waals surface area contributed by atoms with Crippen LogP contribution in [0.4, 0.5) is 11.4 Å². The zero-order chi connectivity index (χ0) is 16.8. The van der Waals surface area contributed by atoms with Crippen LogP contribution in [0.5, 0.6) is 0 Å². The Morgan fingerprint density at radius 3 is 2.43 bits per heavy atom. The van der Waals surface area contributed by atoms with Crippen LogP contribution in [-0.2, 0) is 0 Å². The number of hydrogen-bond acceptors (Lipinski definition) is 3. The molecule has 2 rings (SSSR count). The van der Waals surface area contributed by atoms with E-state index < -0.39 is 0 Å². The van der Waals surface area contributed by atoms with E-state index in [4.69, 9.17) is 23.2 Å². The van der Waals surface area contributed by atoms with Gasteiger partial charge in [0.2, 0.25) is 0 Å². The second-order valence-electron chi connectivity index (χ2n) is 5.30. The number of carbonyl (C=O) groups excluding carboxylic acids is 1. The molecule has 1 amide bonds. The summed E-state index contributed by atoms with van der Waals surface area (Å²) in [5.74, 6) is -0.0733. The van der Waals surface area contributed by atoms with Crippen molar-refractivity contribution in [1.29, 1.82) is 0 Å². The molecule has 122 valence electrons. The van der Waals surface area contributed by atoms with Crippen molar-refractivity contribution in [3.63, 3.8) is 0 Å². The van der Waals surface area contributed by atoms with E-state index in [2.05, 4.69) is 17.2 Å². The van der Waals surface area contributed by atoms with E-state index in [0.29, 0.717) is 15.7 Å². The van der Waals surface area contributed by atoms with Gasteiger partial charge in [-0.05, 0) is 36.8 Å². The van der Waals surface area contributed by atoms with Crippen molar-refractivity contribution in [1.82, 2.24) is 9.88 Å². The minimum atomic E-state index is -0.0733. The Kier molecular flexibility index (Phi) is 6.25. The van der Waals surface area contributed by atoms with Crippen LogP contribution in [0.15, 0.2) is 36.5 Å². The van der Waals surface area contributed by atoms with Gasteiger partial charge >= 0.3 is 0 Å². The number of amides is 1. The summed E-state index contributed by atoms with van der Waals surface area (Å²) in [7, 11) is 1.79. The molecule has 0 aliphatic heterocycles. The molecule has 0 unspecified atom stereocenters. The van der Waals surface area contributed by atoms with Gasteiger partial charge in [0.05, 0.1) is 11.9 Å². The van der Waals surface area contributed by atoms with Crippen molar-refractivity contribution in [3.05, 3.63) is 52.3 Å². The fraction of sp³-hybridized carbons (Fsp3) is 0.294. The zero-order valence-electron chi connectivity index (χ0n) is 13.1. The fourth-order valence-corrected chi connectivity index (χ4v) is 2.61. The standard InChI is InChI=1S/C17H19Cl2N3O/c1-3-4-7-22(2)17(23)16-6-5-14(11-20-16)21-15-9-12(18)8-13(19)10-15/h5-6,8-11,21H,3-4,7H2,1-2H3. The molecule has 0 saturated heterocycles. The van der Waals surface area contributed by atoms with E-state index in [0.717, 1.165) is 30.8 Å². The summed E-state index contributed by atoms with van der Waals surface area (Å²) in [6.07, 6.45) is 3.66.